The molecule has 1 N–H and O–H groups in total. The summed E-state index contributed by atoms with van der Waals surface area (Å²) in [4.78, 5) is 3.72. The SMILES string of the molecule is Cc1ccccc1-c1cc(S)c2c(c1)CCCN2CC1CCNC1. The third-order valence-electron chi connectivity index (χ3n) is 5.46. The van der Waals surface area contributed by atoms with Gasteiger partial charge in [-0.2, -0.15) is 0 Å². The summed E-state index contributed by atoms with van der Waals surface area (Å²) in [5.74, 6) is 0.778. The predicted molar refractivity (Wildman–Crippen MR) is 105 cm³/mol. The van der Waals surface area contributed by atoms with E-state index in [1.54, 1.807) is 0 Å². The van der Waals surface area contributed by atoms with Crippen molar-refractivity contribution in [1.29, 1.82) is 0 Å². The van der Waals surface area contributed by atoms with Crippen molar-refractivity contribution in [1.82, 2.24) is 5.32 Å². The number of aryl methyl sites for hydroxylation is 2. The van der Waals surface area contributed by atoms with Gasteiger partial charge in [-0.05, 0) is 79.6 Å². The van der Waals surface area contributed by atoms with Crippen LogP contribution in [0.4, 0.5) is 5.69 Å². The molecule has 2 heterocycles. The van der Waals surface area contributed by atoms with Gasteiger partial charge in [0.05, 0.1) is 5.69 Å². The van der Waals surface area contributed by atoms with Crippen LogP contribution in [-0.4, -0.2) is 26.2 Å². The van der Waals surface area contributed by atoms with Gasteiger partial charge in [0.1, 0.15) is 0 Å². The number of thiol groups is 1. The molecule has 2 aromatic carbocycles. The van der Waals surface area contributed by atoms with Gasteiger partial charge in [0, 0.05) is 18.0 Å². The molecule has 1 unspecified atom stereocenters. The number of hydrogen-bond donors (Lipinski definition) is 2. The van der Waals surface area contributed by atoms with Crippen LogP contribution in [-0.2, 0) is 6.42 Å². The molecule has 0 amide bonds. The van der Waals surface area contributed by atoms with E-state index >= 15 is 0 Å². The van der Waals surface area contributed by atoms with Gasteiger partial charge in [0.25, 0.3) is 0 Å². The van der Waals surface area contributed by atoms with E-state index in [4.69, 9.17) is 12.6 Å². The molecule has 0 saturated carbocycles. The number of anilines is 1. The molecule has 1 fully saturated rings. The van der Waals surface area contributed by atoms with Gasteiger partial charge < -0.3 is 10.2 Å². The number of hydrogen-bond acceptors (Lipinski definition) is 3. The second kappa shape index (κ2) is 6.81. The van der Waals surface area contributed by atoms with Crippen LogP contribution < -0.4 is 10.2 Å². The lowest BCUT2D eigenvalue weighted by Gasteiger charge is -2.34. The Balaban J connectivity index is 1.69. The highest BCUT2D eigenvalue weighted by atomic mass is 32.1. The number of rotatable bonds is 3. The Morgan fingerprint density at radius 3 is 2.92 bits per heavy atom. The molecule has 3 heteroatoms. The van der Waals surface area contributed by atoms with E-state index in [1.807, 2.05) is 0 Å². The molecule has 2 aromatic rings. The highest BCUT2D eigenvalue weighted by molar-refractivity contribution is 7.80. The fourth-order valence-electron chi connectivity index (χ4n) is 4.22. The van der Waals surface area contributed by atoms with Crippen LogP contribution in [0.15, 0.2) is 41.3 Å². The first-order valence-electron chi connectivity index (χ1n) is 9.10. The van der Waals surface area contributed by atoms with Gasteiger partial charge in [-0.25, -0.2) is 0 Å². The van der Waals surface area contributed by atoms with Crippen LogP contribution in [0.3, 0.4) is 0 Å². The lowest BCUT2D eigenvalue weighted by Crippen LogP contribution is -2.35. The first kappa shape index (κ1) is 16.0. The maximum atomic E-state index is 4.89. The number of nitrogens with zero attached hydrogens (tertiary/aromatic N) is 1. The monoisotopic (exact) mass is 338 g/mol. The van der Waals surface area contributed by atoms with Crippen molar-refractivity contribution in [3.63, 3.8) is 0 Å². The summed E-state index contributed by atoms with van der Waals surface area (Å²) in [5, 5.41) is 3.49. The first-order chi connectivity index (χ1) is 11.7. The molecule has 0 aromatic heterocycles. The van der Waals surface area contributed by atoms with Crippen LogP contribution in [0.5, 0.6) is 0 Å². The predicted octanol–water partition coefficient (Wildman–Crippen LogP) is 4.31. The molecule has 4 rings (SSSR count). The Morgan fingerprint density at radius 2 is 2.12 bits per heavy atom. The van der Waals surface area contributed by atoms with E-state index < -0.39 is 0 Å². The zero-order valence-electron chi connectivity index (χ0n) is 14.4. The lowest BCUT2D eigenvalue weighted by atomic mass is 9.93. The number of benzene rings is 2. The summed E-state index contributed by atoms with van der Waals surface area (Å²) in [6, 6.07) is 13.3. The van der Waals surface area contributed by atoms with Crippen LogP contribution in [0, 0.1) is 12.8 Å². The summed E-state index contributed by atoms with van der Waals surface area (Å²) >= 11 is 4.89. The Morgan fingerprint density at radius 1 is 1.25 bits per heavy atom. The summed E-state index contributed by atoms with van der Waals surface area (Å²) in [6.07, 6.45) is 3.72. The molecule has 2 aliphatic heterocycles. The Kier molecular flexibility index (Phi) is 4.55. The van der Waals surface area contributed by atoms with Gasteiger partial charge >= 0.3 is 0 Å². The average molecular weight is 339 g/mol. The van der Waals surface area contributed by atoms with Crippen molar-refractivity contribution in [2.75, 3.05) is 31.1 Å². The topological polar surface area (TPSA) is 15.3 Å². The first-order valence-corrected chi connectivity index (χ1v) is 9.54. The van der Waals surface area contributed by atoms with Crippen LogP contribution in [0.1, 0.15) is 24.0 Å². The maximum absolute atomic E-state index is 4.89. The summed E-state index contributed by atoms with van der Waals surface area (Å²) in [5.41, 5.74) is 6.82. The van der Waals surface area contributed by atoms with E-state index in [9.17, 15) is 0 Å². The molecular formula is C21H26N2S. The van der Waals surface area contributed by atoms with Crippen molar-refractivity contribution in [3.05, 3.63) is 47.5 Å². The maximum Gasteiger partial charge on any atom is 0.0534 e. The van der Waals surface area contributed by atoms with Crippen molar-refractivity contribution < 1.29 is 0 Å². The molecule has 0 aliphatic carbocycles. The average Bonchev–Trinajstić information content (AvgIpc) is 3.08. The van der Waals surface area contributed by atoms with E-state index in [0.717, 1.165) is 23.9 Å². The van der Waals surface area contributed by atoms with Crippen LogP contribution in [0.2, 0.25) is 0 Å². The molecule has 1 atom stereocenters. The van der Waals surface area contributed by atoms with Gasteiger partial charge in [-0.15, -0.1) is 12.6 Å². The Labute approximate surface area is 150 Å². The normalized spacial score (nSPS) is 20.2. The molecule has 1 saturated heterocycles. The number of fused-ring (bicyclic) bond motifs is 1. The second-order valence-electron chi connectivity index (χ2n) is 7.23. The quantitative estimate of drug-likeness (QED) is 0.811. The highest BCUT2D eigenvalue weighted by Gasteiger charge is 2.24. The van der Waals surface area contributed by atoms with E-state index in [0.29, 0.717) is 0 Å². The highest BCUT2D eigenvalue weighted by Crippen LogP contribution is 2.38. The molecule has 0 spiro atoms. The number of nitrogens with one attached hydrogen (secondary N) is 1. The van der Waals surface area contributed by atoms with Gasteiger partial charge in [-0.3, -0.25) is 0 Å². The fraction of sp³-hybridized carbons (Fsp3) is 0.429. The zero-order chi connectivity index (χ0) is 16.5. The van der Waals surface area contributed by atoms with Gasteiger partial charge in [0.2, 0.25) is 0 Å². The molecule has 2 nitrogen and oxygen atoms in total. The zero-order valence-corrected chi connectivity index (χ0v) is 15.3. The van der Waals surface area contributed by atoms with E-state index in [1.165, 1.54) is 60.3 Å². The summed E-state index contributed by atoms with van der Waals surface area (Å²) in [6.45, 7) is 6.85. The molecule has 0 radical (unpaired) electrons. The van der Waals surface area contributed by atoms with Gasteiger partial charge in [0.15, 0.2) is 0 Å². The minimum Gasteiger partial charge on any atom is -0.370 e. The lowest BCUT2D eigenvalue weighted by molar-refractivity contribution is 0.541. The molecule has 0 bridgehead atoms. The van der Waals surface area contributed by atoms with Crippen LogP contribution >= 0.6 is 12.6 Å². The van der Waals surface area contributed by atoms with Crippen molar-refractivity contribution in [2.24, 2.45) is 5.92 Å². The minimum atomic E-state index is 0.778. The van der Waals surface area contributed by atoms with E-state index in [2.05, 4.69) is 53.5 Å². The summed E-state index contributed by atoms with van der Waals surface area (Å²) < 4.78 is 0. The Hall–Kier alpha value is -1.45. The molecule has 126 valence electrons. The second-order valence-corrected chi connectivity index (χ2v) is 7.71. The van der Waals surface area contributed by atoms with Gasteiger partial charge in [-0.1, -0.05) is 24.3 Å². The Bertz CT molecular complexity index is 735. The smallest absolute Gasteiger partial charge is 0.0534 e. The van der Waals surface area contributed by atoms with Crippen LogP contribution in [0.25, 0.3) is 11.1 Å². The standard InChI is InChI=1S/C21H26N2S/c1-15-5-2-3-7-19(15)18-11-17-6-4-10-23(21(17)20(24)12-18)14-16-8-9-22-13-16/h2-3,5,7,11-12,16,22,24H,4,6,8-10,13-14H2,1H3. The fourth-order valence-corrected chi connectivity index (χ4v) is 4.65. The molecule has 2 aliphatic rings. The van der Waals surface area contributed by atoms with E-state index in [-0.39, 0.29) is 0 Å². The van der Waals surface area contributed by atoms with Crippen molar-refractivity contribution >= 4 is 18.3 Å². The third-order valence-corrected chi connectivity index (χ3v) is 5.80. The molecular weight excluding hydrogens is 312 g/mol. The third kappa shape index (κ3) is 3.07. The largest absolute Gasteiger partial charge is 0.370 e. The van der Waals surface area contributed by atoms with Crippen molar-refractivity contribution in [3.8, 4) is 11.1 Å². The minimum absolute atomic E-state index is 0.778. The molecule has 24 heavy (non-hydrogen) atoms. The summed E-state index contributed by atoms with van der Waals surface area (Å²) in [7, 11) is 0. The van der Waals surface area contributed by atoms with Crippen molar-refractivity contribution in [2.45, 2.75) is 31.1 Å².